The highest BCUT2D eigenvalue weighted by molar-refractivity contribution is 7.89. The third-order valence-corrected chi connectivity index (χ3v) is 4.86. The molecule has 1 N–H and O–H groups in total. The van der Waals surface area contributed by atoms with Crippen LogP contribution < -0.4 is 4.72 Å². The van der Waals surface area contributed by atoms with Crippen LogP contribution in [-0.2, 0) is 23.5 Å². The molecule has 1 saturated carbocycles. The number of halogens is 3. The minimum absolute atomic E-state index is 0.0569. The lowest BCUT2D eigenvalue weighted by atomic mass is 9.89. The minimum Gasteiger partial charge on any atom is -0.350 e. The second-order valence-corrected chi connectivity index (χ2v) is 6.37. The lowest BCUT2D eigenvalue weighted by Crippen LogP contribution is -2.54. The lowest BCUT2D eigenvalue weighted by Gasteiger charge is -2.36. The Bertz CT molecular complexity index is 595. The Labute approximate surface area is 109 Å². The number of alkyl halides is 2. The van der Waals surface area contributed by atoms with Gasteiger partial charge in [0.2, 0.25) is 10.0 Å². The Morgan fingerprint density at radius 3 is 2.53 bits per heavy atom. The van der Waals surface area contributed by atoms with Crippen molar-refractivity contribution in [3.05, 3.63) is 17.7 Å². The number of nitrogens with one attached hydrogen (secondary N) is 1. The van der Waals surface area contributed by atoms with Crippen molar-refractivity contribution >= 4 is 10.0 Å². The predicted molar refractivity (Wildman–Crippen MR) is 63.0 cm³/mol. The largest absolute Gasteiger partial charge is 0.350 e. The van der Waals surface area contributed by atoms with E-state index in [0.29, 0.717) is 6.42 Å². The summed E-state index contributed by atoms with van der Waals surface area (Å²) >= 11 is 0. The lowest BCUT2D eigenvalue weighted by molar-refractivity contribution is -0.0979. The van der Waals surface area contributed by atoms with E-state index < -0.39 is 32.7 Å². The summed E-state index contributed by atoms with van der Waals surface area (Å²) in [6.45, 7) is 1.68. The molecule has 19 heavy (non-hydrogen) atoms. The highest BCUT2D eigenvalue weighted by Crippen LogP contribution is 2.38. The van der Waals surface area contributed by atoms with Gasteiger partial charge in [-0.1, -0.05) is 6.92 Å². The van der Waals surface area contributed by atoms with Crippen molar-refractivity contribution in [2.75, 3.05) is 0 Å². The Balaban J connectivity index is 2.30. The van der Waals surface area contributed by atoms with Gasteiger partial charge in [-0.25, -0.2) is 26.3 Å². The van der Waals surface area contributed by atoms with Crippen molar-refractivity contribution in [1.82, 2.24) is 9.29 Å². The SMILES string of the molecule is CCc1c(F)c(S(=O)(=O)NC2CCC2(F)F)cn1C. The first-order chi connectivity index (χ1) is 8.69. The normalized spacial score (nSPS) is 22.3. The molecule has 0 amide bonds. The van der Waals surface area contributed by atoms with Gasteiger partial charge < -0.3 is 4.57 Å². The number of aromatic nitrogens is 1. The fourth-order valence-corrected chi connectivity index (χ4v) is 3.54. The van der Waals surface area contributed by atoms with Crippen LogP contribution in [0.5, 0.6) is 0 Å². The van der Waals surface area contributed by atoms with Crippen LogP contribution in [0.3, 0.4) is 0 Å². The van der Waals surface area contributed by atoms with E-state index in [1.165, 1.54) is 11.6 Å². The summed E-state index contributed by atoms with van der Waals surface area (Å²) in [5, 5.41) is 0. The topological polar surface area (TPSA) is 51.1 Å². The second-order valence-electron chi connectivity index (χ2n) is 4.69. The molecule has 1 fully saturated rings. The molecule has 1 aliphatic rings. The molecule has 2 rings (SSSR count). The highest BCUT2D eigenvalue weighted by atomic mass is 32.2. The van der Waals surface area contributed by atoms with Gasteiger partial charge in [0.1, 0.15) is 4.90 Å². The van der Waals surface area contributed by atoms with E-state index in [4.69, 9.17) is 0 Å². The van der Waals surface area contributed by atoms with Gasteiger partial charge in [-0.3, -0.25) is 0 Å². The van der Waals surface area contributed by atoms with Gasteiger partial charge in [0.15, 0.2) is 5.82 Å². The summed E-state index contributed by atoms with van der Waals surface area (Å²) < 4.78 is 67.2. The zero-order valence-corrected chi connectivity index (χ0v) is 11.4. The molecule has 1 heterocycles. The number of hydrogen-bond acceptors (Lipinski definition) is 2. The standard InChI is InChI=1S/C11H15F3N2O2S/c1-3-7-10(12)8(6-16(7)2)19(17,18)15-9-4-5-11(9,13)14/h6,9,15H,3-5H2,1-2H3. The number of hydrogen-bond donors (Lipinski definition) is 1. The zero-order chi connectivity index (χ0) is 14.4. The first kappa shape index (κ1) is 14.4. The minimum atomic E-state index is -4.26. The molecule has 0 saturated heterocycles. The molecule has 1 aromatic rings. The molecule has 0 bridgehead atoms. The first-order valence-corrected chi connectivity index (χ1v) is 7.41. The van der Waals surface area contributed by atoms with Crippen LogP contribution in [0.2, 0.25) is 0 Å². The Kier molecular flexibility index (Phi) is 3.42. The highest BCUT2D eigenvalue weighted by Gasteiger charge is 2.50. The molecule has 1 unspecified atom stereocenters. The van der Waals surface area contributed by atoms with E-state index in [1.807, 2.05) is 4.72 Å². The number of sulfonamides is 1. The molecule has 108 valence electrons. The third kappa shape index (κ3) is 2.38. The molecule has 4 nitrogen and oxygen atoms in total. The van der Waals surface area contributed by atoms with Gasteiger partial charge in [0, 0.05) is 19.7 Å². The summed E-state index contributed by atoms with van der Waals surface area (Å²) in [7, 11) is -2.75. The van der Waals surface area contributed by atoms with Crippen LogP contribution in [0.4, 0.5) is 13.2 Å². The van der Waals surface area contributed by atoms with E-state index in [2.05, 4.69) is 0 Å². The first-order valence-electron chi connectivity index (χ1n) is 5.93. The number of nitrogens with zero attached hydrogens (tertiary/aromatic N) is 1. The summed E-state index contributed by atoms with van der Waals surface area (Å²) in [4.78, 5) is -0.574. The van der Waals surface area contributed by atoms with Crippen molar-refractivity contribution in [2.45, 2.75) is 43.0 Å². The molecule has 0 aliphatic heterocycles. The van der Waals surface area contributed by atoms with E-state index in [0.717, 1.165) is 6.20 Å². The number of aryl methyl sites for hydroxylation is 1. The third-order valence-electron chi connectivity index (χ3n) is 3.40. The van der Waals surface area contributed by atoms with Crippen LogP contribution in [0, 0.1) is 5.82 Å². The van der Waals surface area contributed by atoms with Crippen LogP contribution in [0.1, 0.15) is 25.5 Å². The summed E-state index contributed by atoms with van der Waals surface area (Å²) in [6.07, 6.45) is 1.13. The van der Waals surface area contributed by atoms with E-state index >= 15 is 0 Å². The van der Waals surface area contributed by atoms with Gasteiger partial charge in [-0.05, 0) is 12.8 Å². The summed E-state index contributed by atoms with van der Waals surface area (Å²) in [6, 6.07) is -1.44. The maximum atomic E-state index is 13.9. The fraction of sp³-hybridized carbons (Fsp3) is 0.636. The second kappa shape index (κ2) is 4.52. The van der Waals surface area contributed by atoms with Crippen molar-refractivity contribution in [2.24, 2.45) is 7.05 Å². The Morgan fingerprint density at radius 2 is 2.16 bits per heavy atom. The van der Waals surface area contributed by atoms with Gasteiger partial charge in [0.25, 0.3) is 5.92 Å². The van der Waals surface area contributed by atoms with Crippen molar-refractivity contribution < 1.29 is 21.6 Å². The average molecular weight is 296 g/mol. The van der Waals surface area contributed by atoms with Gasteiger partial charge in [-0.2, -0.15) is 0 Å². The summed E-state index contributed by atoms with van der Waals surface area (Å²) in [5.74, 6) is -3.92. The molecule has 0 aromatic carbocycles. The van der Waals surface area contributed by atoms with Crippen molar-refractivity contribution in [1.29, 1.82) is 0 Å². The van der Waals surface area contributed by atoms with Crippen LogP contribution in [-0.4, -0.2) is 24.9 Å². The molecule has 1 atom stereocenters. The van der Waals surface area contributed by atoms with Crippen LogP contribution >= 0.6 is 0 Å². The van der Waals surface area contributed by atoms with Gasteiger partial charge >= 0.3 is 0 Å². The van der Waals surface area contributed by atoms with Crippen LogP contribution in [0.25, 0.3) is 0 Å². The van der Waals surface area contributed by atoms with E-state index in [-0.39, 0.29) is 18.5 Å². The maximum Gasteiger partial charge on any atom is 0.264 e. The Morgan fingerprint density at radius 1 is 1.53 bits per heavy atom. The Hall–Kier alpha value is -1.02. The molecule has 1 aromatic heterocycles. The number of rotatable bonds is 4. The predicted octanol–water partition coefficient (Wildman–Crippen LogP) is 1.80. The fourth-order valence-electron chi connectivity index (χ4n) is 2.10. The summed E-state index contributed by atoms with van der Waals surface area (Å²) in [5.41, 5.74) is 0.223. The van der Waals surface area contributed by atoms with Crippen molar-refractivity contribution in [3.8, 4) is 0 Å². The molecule has 8 heteroatoms. The van der Waals surface area contributed by atoms with Gasteiger partial charge in [-0.15, -0.1) is 0 Å². The molecule has 1 aliphatic carbocycles. The average Bonchev–Trinajstić information content (AvgIpc) is 2.61. The smallest absolute Gasteiger partial charge is 0.264 e. The quantitative estimate of drug-likeness (QED) is 0.921. The monoisotopic (exact) mass is 296 g/mol. The molecular formula is C11H15F3N2O2S. The zero-order valence-electron chi connectivity index (χ0n) is 10.6. The van der Waals surface area contributed by atoms with Crippen molar-refractivity contribution in [3.63, 3.8) is 0 Å². The molecular weight excluding hydrogens is 281 g/mol. The van der Waals surface area contributed by atoms with E-state index in [9.17, 15) is 21.6 Å². The molecule has 0 radical (unpaired) electrons. The van der Waals surface area contributed by atoms with Crippen LogP contribution in [0.15, 0.2) is 11.1 Å². The van der Waals surface area contributed by atoms with Gasteiger partial charge in [0.05, 0.1) is 11.7 Å². The van der Waals surface area contributed by atoms with E-state index in [1.54, 1.807) is 6.92 Å². The maximum absolute atomic E-state index is 13.9. The molecule has 0 spiro atoms.